The van der Waals surface area contributed by atoms with E-state index in [1.807, 2.05) is 0 Å². The largest absolute Gasteiger partial charge is 0.350 e. The Kier molecular flexibility index (Phi) is 2.75. The van der Waals surface area contributed by atoms with E-state index in [1.54, 1.807) is 5.57 Å². The molecule has 0 aliphatic heterocycles. The minimum absolute atomic E-state index is 0.589. The van der Waals surface area contributed by atoms with E-state index in [2.05, 4.69) is 17.5 Å². The van der Waals surface area contributed by atoms with E-state index in [1.165, 1.54) is 31.3 Å². The number of carbonyl (C=O) groups is 1. The molecular formula is C11H17N3O. The standard InChI is InChI=1S/C11H17N3O/c1-7-9-4-2-3-8(9)5-6-10(7)13-14-11(12)15/h8H,2-6H2,1H3,(H3,12,14,15)/b13-10+. The van der Waals surface area contributed by atoms with Gasteiger partial charge in [-0.15, -0.1) is 0 Å². The molecule has 15 heavy (non-hydrogen) atoms. The molecule has 0 aromatic rings. The minimum Gasteiger partial charge on any atom is -0.350 e. The number of primary amides is 1. The maximum atomic E-state index is 10.6. The van der Waals surface area contributed by atoms with E-state index in [0.717, 1.165) is 18.1 Å². The lowest BCUT2D eigenvalue weighted by Crippen LogP contribution is -2.27. The first-order chi connectivity index (χ1) is 7.18. The van der Waals surface area contributed by atoms with Crippen LogP contribution in [0.15, 0.2) is 16.2 Å². The van der Waals surface area contributed by atoms with E-state index in [4.69, 9.17) is 5.73 Å². The summed E-state index contributed by atoms with van der Waals surface area (Å²) < 4.78 is 0. The van der Waals surface area contributed by atoms with Gasteiger partial charge in [0.05, 0.1) is 5.71 Å². The smallest absolute Gasteiger partial charge is 0.332 e. The lowest BCUT2D eigenvalue weighted by Gasteiger charge is -2.22. The third-order valence-electron chi connectivity index (χ3n) is 3.44. The first-order valence-electron chi connectivity index (χ1n) is 5.50. The maximum absolute atomic E-state index is 10.6. The average Bonchev–Trinajstić information content (AvgIpc) is 2.65. The van der Waals surface area contributed by atoms with Gasteiger partial charge in [-0.25, -0.2) is 10.2 Å². The van der Waals surface area contributed by atoms with Crippen molar-refractivity contribution in [2.75, 3.05) is 0 Å². The zero-order valence-electron chi connectivity index (χ0n) is 9.05. The van der Waals surface area contributed by atoms with Crippen molar-refractivity contribution < 1.29 is 4.79 Å². The maximum Gasteiger partial charge on any atom is 0.332 e. The lowest BCUT2D eigenvalue weighted by molar-refractivity contribution is 0.249. The molecule has 1 atom stereocenters. The predicted octanol–water partition coefficient (Wildman–Crippen LogP) is 1.92. The van der Waals surface area contributed by atoms with Crippen molar-refractivity contribution in [1.29, 1.82) is 0 Å². The highest BCUT2D eigenvalue weighted by Gasteiger charge is 2.28. The van der Waals surface area contributed by atoms with Gasteiger partial charge in [-0.1, -0.05) is 5.57 Å². The van der Waals surface area contributed by atoms with Crippen LogP contribution in [0, 0.1) is 5.92 Å². The van der Waals surface area contributed by atoms with E-state index >= 15 is 0 Å². The molecule has 1 fully saturated rings. The topological polar surface area (TPSA) is 67.5 Å². The Hall–Kier alpha value is -1.32. The first-order valence-corrected chi connectivity index (χ1v) is 5.50. The van der Waals surface area contributed by atoms with Crippen molar-refractivity contribution in [3.8, 4) is 0 Å². The number of carbonyl (C=O) groups excluding carboxylic acids is 1. The zero-order chi connectivity index (χ0) is 10.8. The van der Waals surface area contributed by atoms with Gasteiger partial charge in [-0.05, 0) is 50.5 Å². The third-order valence-corrected chi connectivity index (χ3v) is 3.44. The monoisotopic (exact) mass is 207 g/mol. The highest BCUT2D eigenvalue weighted by atomic mass is 16.2. The van der Waals surface area contributed by atoms with Crippen LogP contribution in [0.25, 0.3) is 0 Å². The molecule has 4 nitrogen and oxygen atoms in total. The summed E-state index contributed by atoms with van der Waals surface area (Å²) in [6.07, 6.45) is 5.95. The molecule has 82 valence electrons. The Labute approximate surface area is 89.6 Å². The van der Waals surface area contributed by atoms with Crippen LogP contribution in [-0.4, -0.2) is 11.7 Å². The summed E-state index contributed by atoms with van der Waals surface area (Å²) in [5, 5.41) is 4.06. The predicted molar refractivity (Wildman–Crippen MR) is 59.4 cm³/mol. The van der Waals surface area contributed by atoms with Crippen LogP contribution < -0.4 is 11.2 Å². The second-order valence-corrected chi connectivity index (χ2v) is 4.31. The molecule has 2 amide bonds. The Balaban J connectivity index is 2.18. The molecule has 4 heteroatoms. The molecule has 0 radical (unpaired) electrons. The summed E-state index contributed by atoms with van der Waals surface area (Å²) in [5.41, 5.74) is 11.1. The lowest BCUT2D eigenvalue weighted by atomic mass is 9.84. The summed E-state index contributed by atoms with van der Waals surface area (Å²) in [4.78, 5) is 10.6. The Bertz CT molecular complexity index is 344. The molecule has 3 N–H and O–H groups in total. The van der Waals surface area contributed by atoms with Gasteiger partial charge in [0.15, 0.2) is 0 Å². The molecule has 2 rings (SSSR count). The SMILES string of the molecule is CC1=C2CCCC2CC/C1=N\NC(N)=O. The van der Waals surface area contributed by atoms with E-state index in [9.17, 15) is 4.79 Å². The Morgan fingerprint density at radius 1 is 1.47 bits per heavy atom. The fourth-order valence-corrected chi connectivity index (χ4v) is 2.68. The molecule has 1 unspecified atom stereocenters. The van der Waals surface area contributed by atoms with Crippen LogP contribution in [0.2, 0.25) is 0 Å². The van der Waals surface area contributed by atoms with Gasteiger partial charge < -0.3 is 5.73 Å². The molecule has 1 saturated carbocycles. The summed E-state index contributed by atoms with van der Waals surface area (Å²) in [6.45, 7) is 2.11. The molecular weight excluding hydrogens is 190 g/mol. The van der Waals surface area contributed by atoms with Crippen molar-refractivity contribution >= 4 is 11.7 Å². The summed E-state index contributed by atoms with van der Waals surface area (Å²) in [6, 6.07) is -0.589. The molecule has 0 heterocycles. The van der Waals surface area contributed by atoms with Crippen LogP contribution in [0.3, 0.4) is 0 Å². The quantitative estimate of drug-likeness (QED) is 0.634. The van der Waals surface area contributed by atoms with Crippen molar-refractivity contribution in [2.24, 2.45) is 16.8 Å². The van der Waals surface area contributed by atoms with Crippen molar-refractivity contribution in [3.05, 3.63) is 11.1 Å². The van der Waals surface area contributed by atoms with Crippen LogP contribution >= 0.6 is 0 Å². The van der Waals surface area contributed by atoms with Gasteiger partial charge in [-0.2, -0.15) is 5.10 Å². The van der Waals surface area contributed by atoms with Gasteiger partial charge in [-0.3, -0.25) is 0 Å². The number of nitrogens with one attached hydrogen (secondary N) is 1. The number of rotatable bonds is 1. The fourth-order valence-electron chi connectivity index (χ4n) is 2.68. The minimum atomic E-state index is -0.589. The number of nitrogens with two attached hydrogens (primary N) is 1. The number of amides is 2. The fraction of sp³-hybridized carbons (Fsp3) is 0.636. The van der Waals surface area contributed by atoms with E-state index < -0.39 is 6.03 Å². The Morgan fingerprint density at radius 3 is 3.00 bits per heavy atom. The average molecular weight is 207 g/mol. The summed E-state index contributed by atoms with van der Waals surface area (Å²) in [5.74, 6) is 0.775. The van der Waals surface area contributed by atoms with Crippen LogP contribution in [-0.2, 0) is 0 Å². The molecule has 0 aromatic carbocycles. The van der Waals surface area contributed by atoms with Crippen LogP contribution in [0.5, 0.6) is 0 Å². The van der Waals surface area contributed by atoms with Crippen molar-refractivity contribution in [1.82, 2.24) is 5.43 Å². The Morgan fingerprint density at radius 2 is 2.27 bits per heavy atom. The number of hydrogen-bond acceptors (Lipinski definition) is 2. The van der Waals surface area contributed by atoms with Gasteiger partial charge in [0.1, 0.15) is 0 Å². The van der Waals surface area contributed by atoms with E-state index in [0.29, 0.717) is 0 Å². The second kappa shape index (κ2) is 4.04. The first kappa shape index (κ1) is 10.2. The second-order valence-electron chi connectivity index (χ2n) is 4.31. The van der Waals surface area contributed by atoms with Crippen LogP contribution in [0.4, 0.5) is 4.79 Å². The molecule has 2 aliphatic carbocycles. The third kappa shape index (κ3) is 2.03. The summed E-state index contributed by atoms with van der Waals surface area (Å²) >= 11 is 0. The molecule has 0 aromatic heterocycles. The highest BCUT2D eigenvalue weighted by molar-refractivity contribution is 6.01. The van der Waals surface area contributed by atoms with Crippen LogP contribution in [0.1, 0.15) is 39.0 Å². The van der Waals surface area contributed by atoms with Gasteiger partial charge >= 0.3 is 6.03 Å². The summed E-state index contributed by atoms with van der Waals surface area (Å²) in [7, 11) is 0. The molecule has 0 bridgehead atoms. The molecule has 2 aliphatic rings. The number of hydrazone groups is 1. The molecule has 0 spiro atoms. The number of hydrogen-bond donors (Lipinski definition) is 2. The van der Waals surface area contributed by atoms with E-state index in [-0.39, 0.29) is 0 Å². The number of urea groups is 1. The van der Waals surface area contributed by atoms with Gasteiger partial charge in [0, 0.05) is 0 Å². The normalized spacial score (nSPS) is 28.1. The van der Waals surface area contributed by atoms with Gasteiger partial charge in [0.2, 0.25) is 0 Å². The van der Waals surface area contributed by atoms with Crippen molar-refractivity contribution in [3.63, 3.8) is 0 Å². The number of allylic oxidation sites excluding steroid dienone is 2. The number of nitrogens with zero attached hydrogens (tertiary/aromatic N) is 1. The molecule has 0 saturated heterocycles. The highest BCUT2D eigenvalue weighted by Crippen LogP contribution is 2.40. The number of fused-ring (bicyclic) bond motifs is 1. The zero-order valence-corrected chi connectivity index (χ0v) is 9.05. The van der Waals surface area contributed by atoms with Gasteiger partial charge in [0.25, 0.3) is 0 Å². The van der Waals surface area contributed by atoms with Crippen molar-refractivity contribution in [2.45, 2.75) is 39.0 Å².